The Kier molecular flexibility index (Phi) is 4.59. The van der Waals surface area contributed by atoms with Gasteiger partial charge in [0.25, 0.3) is 0 Å². The average molecular weight is 306 g/mol. The van der Waals surface area contributed by atoms with Crippen LogP contribution in [0.1, 0.15) is 30.9 Å². The highest BCUT2D eigenvalue weighted by molar-refractivity contribution is 7.89. The maximum atomic E-state index is 12.1. The van der Waals surface area contributed by atoms with E-state index in [1.807, 2.05) is 24.3 Å². The minimum Gasteiger partial charge on any atom is -0.328 e. The van der Waals surface area contributed by atoms with Gasteiger partial charge in [-0.2, -0.15) is 0 Å². The highest BCUT2D eigenvalue weighted by Gasteiger charge is 2.13. The van der Waals surface area contributed by atoms with Crippen LogP contribution in [0.3, 0.4) is 0 Å². The monoisotopic (exact) mass is 306 g/mol. The number of rotatable bonds is 5. The van der Waals surface area contributed by atoms with E-state index < -0.39 is 10.0 Å². The number of nitrogens with one attached hydrogen (secondary N) is 2. The molecule has 1 aromatic carbocycles. The van der Waals surface area contributed by atoms with Gasteiger partial charge in [-0.3, -0.25) is 4.79 Å². The molecule has 1 aromatic heterocycles. The molecule has 0 saturated carbocycles. The number of aromatic amines is 1. The molecule has 0 aliphatic rings. The Labute approximate surface area is 124 Å². The zero-order valence-corrected chi connectivity index (χ0v) is 12.8. The standard InChI is InChI=1S/C15H18N2O3S/c1-11(2)13-5-3-12(4-6-13)9-17-21(19,20)14-7-8-15(18)16-10-14/h3-8,10-11,17H,9H2,1-2H3,(H,16,18). The van der Waals surface area contributed by atoms with E-state index in [2.05, 4.69) is 23.6 Å². The third-order valence-corrected chi connectivity index (χ3v) is 4.58. The van der Waals surface area contributed by atoms with Crippen molar-refractivity contribution in [3.05, 3.63) is 64.1 Å². The number of benzene rings is 1. The highest BCUT2D eigenvalue weighted by Crippen LogP contribution is 2.15. The Morgan fingerprint density at radius 1 is 1.10 bits per heavy atom. The molecule has 2 rings (SSSR count). The first-order valence-corrected chi connectivity index (χ1v) is 8.14. The van der Waals surface area contributed by atoms with Crippen LogP contribution < -0.4 is 10.3 Å². The second kappa shape index (κ2) is 6.24. The van der Waals surface area contributed by atoms with Crippen LogP contribution in [0.15, 0.2) is 52.3 Å². The third-order valence-electron chi connectivity index (χ3n) is 3.18. The van der Waals surface area contributed by atoms with Crippen LogP contribution in [0.25, 0.3) is 0 Å². The van der Waals surface area contributed by atoms with Gasteiger partial charge in [-0.1, -0.05) is 38.1 Å². The summed E-state index contributed by atoms with van der Waals surface area (Å²) in [6.07, 6.45) is 1.19. The summed E-state index contributed by atoms with van der Waals surface area (Å²) in [5.74, 6) is 0.442. The number of sulfonamides is 1. The molecular weight excluding hydrogens is 288 g/mol. The predicted octanol–water partition coefficient (Wildman–Crippen LogP) is 1.98. The van der Waals surface area contributed by atoms with E-state index in [1.54, 1.807) is 0 Å². The predicted molar refractivity (Wildman–Crippen MR) is 81.6 cm³/mol. The molecule has 112 valence electrons. The van der Waals surface area contributed by atoms with Crippen LogP contribution in [0.2, 0.25) is 0 Å². The Bertz CT molecular complexity index is 742. The fourth-order valence-electron chi connectivity index (χ4n) is 1.85. The maximum absolute atomic E-state index is 12.1. The summed E-state index contributed by atoms with van der Waals surface area (Å²) in [4.78, 5) is 13.3. The SMILES string of the molecule is CC(C)c1ccc(CNS(=O)(=O)c2ccc(=O)[nH]c2)cc1. The topological polar surface area (TPSA) is 79.0 Å². The highest BCUT2D eigenvalue weighted by atomic mass is 32.2. The van der Waals surface area contributed by atoms with E-state index in [4.69, 9.17) is 0 Å². The lowest BCUT2D eigenvalue weighted by Crippen LogP contribution is -2.24. The minimum absolute atomic E-state index is 0.0425. The Hall–Kier alpha value is -1.92. The van der Waals surface area contributed by atoms with Gasteiger partial charge in [0.15, 0.2) is 0 Å². The van der Waals surface area contributed by atoms with Crippen molar-refractivity contribution in [3.63, 3.8) is 0 Å². The van der Waals surface area contributed by atoms with Gasteiger partial charge in [-0.25, -0.2) is 13.1 Å². The Morgan fingerprint density at radius 3 is 2.29 bits per heavy atom. The van der Waals surface area contributed by atoms with Crippen molar-refractivity contribution >= 4 is 10.0 Å². The van der Waals surface area contributed by atoms with E-state index in [9.17, 15) is 13.2 Å². The van der Waals surface area contributed by atoms with Gasteiger partial charge in [0.2, 0.25) is 15.6 Å². The smallest absolute Gasteiger partial charge is 0.247 e. The first-order valence-electron chi connectivity index (χ1n) is 6.66. The minimum atomic E-state index is -3.62. The fraction of sp³-hybridized carbons (Fsp3) is 0.267. The van der Waals surface area contributed by atoms with Crippen molar-refractivity contribution in [2.45, 2.75) is 31.2 Å². The molecule has 0 amide bonds. The number of aromatic nitrogens is 1. The van der Waals surface area contributed by atoms with Crippen molar-refractivity contribution in [2.24, 2.45) is 0 Å². The summed E-state index contributed by atoms with van der Waals surface area (Å²) < 4.78 is 26.6. The molecule has 0 atom stereocenters. The summed E-state index contributed by atoms with van der Waals surface area (Å²) in [5, 5.41) is 0. The molecule has 2 N–H and O–H groups in total. The quantitative estimate of drug-likeness (QED) is 0.886. The van der Waals surface area contributed by atoms with E-state index in [1.165, 1.54) is 23.9 Å². The molecule has 0 radical (unpaired) electrons. The van der Waals surface area contributed by atoms with Gasteiger partial charge in [0.1, 0.15) is 0 Å². The fourth-order valence-corrected chi connectivity index (χ4v) is 2.83. The summed E-state index contributed by atoms with van der Waals surface area (Å²) in [7, 11) is -3.62. The van der Waals surface area contributed by atoms with Crippen LogP contribution in [0, 0.1) is 0 Å². The van der Waals surface area contributed by atoms with Crippen LogP contribution >= 0.6 is 0 Å². The van der Waals surface area contributed by atoms with E-state index in [0.29, 0.717) is 5.92 Å². The Morgan fingerprint density at radius 2 is 1.76 bits per heavy atom. The van der Waals surface area contributed by atoms with E-state index in [0.717, 1.165) is 5.56 Å². The van der Waals surface area contributed by atoms with Gasteiger partial charge in [-0.05, 0) is 23.1 Å². The summed E-state index contributed by atoms with van der Waals surface area (Å²) in [5.41, 5.74) is 1.76. The van der Waals surface area contributed by atoms with Crippen LogP contribution in [-0.2, 0) is 16.6 Å². The molecule has 0 saturated heterocycles. The van der Waals surface area contributed by atoms with Gasteiger partial charge in [0, 0.05) is 18.8 Å². The molecular formula is C15H18N2O3S. The summed E-state index contributed by atoms with van der Waals surface area (Å²) in [6.45, 7) is 4.42. The van der Waals surface area contributed by atoms with Crippen LogP contribution in [0.5, 0.6) is 0 Å². The second-order valence-electron chi connectivity index (χ2n) is 5.11. The van der Waals surface area contributed by atoms with Gasteiger partial charge >= 0.3 is 0 Å². The van der Waals surface area contributed by atoms with Crippen molar-refractivity contribution < 1.29 is 8.42 Å². The molecule has 0 spiro atoms. The molecule has 0 aliphatic carbocycles. The molecule has 2 aromatic rings. The van der Waals surface area contributed by atoms with Crippen LogP contribution in [0.4, 0.5) is 0 Å². The second-order valence-corrected chi connectivity index (χ2v) is 6.88. The van der Waals surface area contributed by atoms with Crippen molar-refractivity contribution in [3.8, 4) is 0 Å². The largest absolute Gasteiger partial charge is 0.328 e. The number of pyridine rings is 1. The average Bonchev–Trinajstić information content (AvgIpc) is 2.46. The van der Waals surface area contributed by atoms with Gasteiger partial charge in [-0.15, -0.1) is 0 Å². The number of H-pyrrole nitrogens is 1. The Balaban J connectivity index is 2.08. The number of hydrogen-bond acceptors (Lipinski definition) is 3. The lowest BCUT2D eigenvalue weighted by molar-refractivity contribution is 0.581. The lowest BCUT2D eigenvalue weighted by atomic mass is 10.0. The molecule has 0 bridgehead atoms. The van der Waals surface area contributed by atoms with E-state index in [-0.39, 0.29) is 17.0 Å². The molecule has 0 aliphatic heterocycles. The molecule has 6 heteroatoms. The molecule has 5 nitrogen and oxygen atoms in total. The molecule has 21 heavy (non-hydrogen) atoms. The zero-order valence-electron chi connectivity index (χ0n) is 12.0. The lowest BCUT2D eigenvalue weighted by Gasteiger charge is -2.09. The van der Waals surface area contributed by atoms with E-state index >= 15 is 0 Å². The normalized spacial score (nSPS) is 11.8. The van der Waals surface area contributed by atoms with Gasteiger partial charge in [0.05, 0.1) is 4.90 Å². The molecule has 0 unspecified atom stereocenters. The molecule has 0 fully saturated rings. The maximum Gasteiger partial charge on any atom is 0.247 e. The van der Waals surface area contributed by atoms with Crippen molar-refractivity contribution in [1.29, 1.82) is 0 Å². The van der Waals surface area contributed by atoms with Gasteiger partial charge < -0.3 is 4.98 Å². The summed E-state index contributed by atoms with van der Waals surface area (Å²) in [6, 6.07) is 10.3. The first-order chi connectivity index (χ1) is 9.88. The zero-order chi connectivity index (χ0) is 15.5. The number of hydrogen-bond donors (Lipinski definition) is 2. The first kappa shape index (κ1) is 15.5. The third kappa shape index (κ3) is 4.03. The van der Waals surface area contributed by atoms with Crippen LogP contribution in [-0.4, -0.2) is 13.4 Å². The van der Waals surface area contributed by atoms with Crippen molar-refractivity contribution in [2.75, 3.05) is 0 Å². The van der Waals surface area contributed by atoms with Crippen molar-refractivity contribution in [1.82, 2.24) is 9.71 Å². The summed E-state index contributed by atoms with van der Waals surface area (Å²) >= 11 is 0. The molecule has 1 heterocycles.